The second kappa shape index (κ2) is 7.81. The molecule has 0 bridgehead atoms. The minimum absolute atomic E-state index is 0.0322. The summed E-state index contributed by atoms with van der Waals surface area (Å²) < 4.78 is 10.5. The van der Waals surface area contributed by atoms with E-state index in [4.69, 9.17) is 9.47 Å². The molecule has 1 rings (SSSR count). The van der Waals surface area contributed by atoms with E-state index in [1.807, 2.05) is 0 Å². The number of carbonyl (C=O) groups excluding carboxylic acids is 2. The second-order valence-electron chi connectivity index (χ2n) is 7.43. The Hall–Kier alpha value is -2.16. The maximum atomic E-state index is 12.4. The lowest BCUT2D eigenvalue weighted by Crippen LogP contribution is -2.47. The van der Waals surface area contributed by atoms with Crippen LogP contribution in [0.25, 0.3) is 0 Å². The van der Waals surface area contributed by atoms with E-state index in [9.17, 15) is 19.7 Å². The summed E-state index contributed by atoms with van der Waals surface area (Å²) in [6.07, 6.45) is -0.679. The lowest BCUT2D eigenvalue weighted by Gasteiger charge is -2.26. The maximum Gasteiger partial charge on any atom is 0.408 e. The summed E-state index contributed by atoms with van der Waals surface area (Å²) in [6, 6.07) is 1.91. The predicted octanol–water partition coefficient (Wildman–Crippen LogP) is 3.43. The molecule has 0 aromatic carbocycles. The van der Waals surface area contributed by atoms with Crippen LogP contribution in [0.15, 0.2) is 12.1 Å². The molecule has 1 aromatic heterocycles. The van der Waals surface area contributed by atoms with Crippen molar-refractivity contribution in [3.8, 4) is 0 Å². The number of nitro groups is 1. The number of amides is 1. The van der Waals surface area contributed by atoms with Crippen molar-refractivity contribution in [1.82, 2.24) is 5.32 Å². The number of rotatable bonds is 5. The molecule has 0 aliphatic heterocycles. The summed E-state index contributed by atoms with van der Waals surface area (Å²) in [7, 11) is 0. The molecule has 1 aromatic rings. The molecule has 0 spiro atoms. The summed E-state index contributed by atoms with van der Waals surface area (Å²) in [5, 5.41) is 13.2. The molecule has 0 radical (unpaired) electrons. The molecule has 8 nitrogen and oxygen atoms in total. The molecule has 0 aliphatic carbocycles. The van der Waals surface area contributed by atoms with Crippen molar-refractivity contribution in [3.05, 3.63) is 27.1 Å². The Morgan fingerprint density at radius 2 is 1.72 bits per heavy atom. The van der Waals surface area contributed by atoms with Gasteiger partial charge < -0.3 is 14.8 Å². The highest BCUT2D eigenvalue weighted by molar-refractivity contribution is 7.15. The van der Waals surface area contributed by atoms with Gasteiger partial charge in [-0.3, -0.25) is 10.1 Å². The average molecular weight is 372 g/mol. The van der Waals surface area contributed by atoms with Crippen LogP contribution < -0.4 is 5.32 Å². The van der Waals surface area contributed by atoms with E-state index in [0.29, 0.717) is 4.88 Å². The SMILES string of the molecule is CC(C)(C)OC(=O)N[C@@H](Cc1ccc([N+](=O)[O-])s1)C(=O)OC(C)(C)C. The number of nitrogens with zero attached hydrogens (tertiary/aromatic N) is 1. The number of esters is 1. The number of hydrogen-bond donors (Lipinski definition) is 1. The molecule has 1 N–H and O–H groups in total. The lowest BCUT2D eigenvalue weighted by atomic mass is 10.1. The van der Waals surface area contributed by atoms with Gasteiger partial charge in [0.1, 0.15) is 17.2 Å². The van der Waals surface area contributed by atoms with Crippen LogP contribution in [0.2, 0.25) is 0 Å². The van der Waals surface area contributed by atoms with Crippen molar-refractivity contribution in [2.45, 2.75) is 65.2 Å². The first-order valence-electron chi connectivity index (χ1n) is 7.72. The summed E-state index contributed by atoms with van der Waals surface area (Å²) in [5.41, 5.74) is -1.45. The fraction of sp³-hybridized carbons (Fsp3) is 0.625. The molecule has 9 heteroatoms. The molecular weight excluding hydrogens is 348 g/mol. The van der Waals surface area contributed by atoms with Crippen molar-refractivity contribution in [3.63, 3.8) is 0 Å². The van der Waals surface area contributed by atoms with Crippen molar-refractivity contribution >= 4 is 28.4 Å². The van der Waals surface area contributed by atoms with Gasteiger partial charge in [-0.15, -0.1) is 0 Å². The van der Waals surface area contributed by atoms with Gasteiger partial charge in [0.15, 0.2) is 0 Å². The monoisotopic (exact) mass is 372 g/mol. The molecule has 0 saturated heterocycles. The molecule has 1 amide bonds. The minimum atomic E-state index is -1.01. The zero-order chi connectivity index (χ0) is 19.4. The van der Waals surface area contributed by atoms with Crippen LogP contribution in [-0.4, -0.2) is 34.2 Å². The number of hydrogen-bond acceptors (Lipinski definition) is 7. The van der Waals surface area contributed by atoms with E-state index in [2.05, 4.69) is 5.32 Å². The van der Waals surface area contributed by atoms with Gasteiger partial charge in [-0.05, 0) is 47.6 Å². The fourth-order valence-electron chi connectivity index (χ4n) is 1.79. The van der Waals surface area contributed by atoms with Crippen LogP contribution in [0.4, 0.5) is 9.80 Å². The summed E-state index contributed by atoms with van der Waals surface area (Å²) >= 11 is 0.946. The molecule has 1 atom stereocenters. The Morgan fingerprint density at radius 3 is 2.16 bits per heavy atom. The maximum absolute atomic E-state index is 12.4. The molecular formula is C16H24N2O6S. The normalized spacial score (nSPS) is 13.0. The Morgan fingerprint density at radius 1 is 1.16 bits per heavy atom. The molecule has 0 aliphatic rings. The van der Waals surface area contributed by atoms with Gasteiger partial charge in [-0.1, -0.05) is 11.3 Å². The molecule has 140 valence electrons. The zero-order valence-electron chi connectivity index (χ0n) is 15.2. The fourth-order valence-corrected chi connectivity index (χ4v) is 2.66. The summed E-state index contributed by atoms with van der Waals surface area (Å²) in [6.45, 7) is 10.3. The smallest absolute Gasteiger partial charge is 0.408 e. The first-order chi connectivity index (χ1) is 11.3. The van der Waals surface area contributed by atoms with Gasteiger partial charge in [-0.2, -0.15) is 0 Å². The van der Waals surface area contributed by atoms with Gasteiger partial charge >= 0.3 is 17.1 Å². The third-order valence-electron chi connectivity index (χ3n) is 2.61. The third kappa shape index (κ3) is 7.97. The van der Waals surface area contributed by atoms with Crippen LogP contribution in [0, 0.1) is 10.1 Å². The Bertz CT molecular complexity index is 642. The Labute approximate surface area is 150 Å². The molecule has 0 unspecified atom stereocenters. The second-order valence-corrected chi connectivity index (χ2v) is 8.58. The largest absolute Gasteiger partial charge is 0.458 e. The van der Waals surface area contributed by atoms with Crippen molar-refractivity contribution in [2.75, 3.05) is 0 Å². The van der Waals surface area contributed by atoms with E-state index >= 15 is 0 Å². The van der Waals surface area contributed by atoms with Crippen LogP contribution in [-0.2, 0) is 20.7 Å². The molecule has 1 heterocycles. The topological polar surface area (TPSA) is 108 Å². The van der Waals surface area contributed by atoms with Crippen LogP contribution in [0.5, 0.6) is 0 Å². The van der Waals surface area contributed by atoms with Crippen molar-refractivity contribution < 1.29 is 24.0 Å². The number of nitrogens with one attached hydrogen (secondary N) is 1. The number of alkyl carbamates (subject to hydrolysis) is 1. The van der Waals surface area contributed by atoms with Gasteiger partial charge in [-0.25, -0.2) is 9.59 Å². The number of carbonyl (C=O) groups is 2. The van der Waals surface area contributed by atoms with E-state index in [1.54, 1.807) is 47.6 Å². The average Bonchev–Trinajstić information content (AvgIpc) is 2.82. The van der Waals surface area contributed by atoms with Crippen LogP contribution in [0.1, 0.15) is 46.4 Å². The summed E-state index contributed by atoms with van der Waals surface area (Å²) in [5.74, 6) is -0.630. The Kier molecular flexibility index (Phi) is 6.53. The predicted molar refractivity (Wildman–Crippen MR) is 93.7 cm³/mol. The quantitative estimate of drug-likeness (QED) is 0.482. The number of thiophene rings is 1. The first-order valence-corrected chi connectivity index (χ1v) is 8.54. The minimum Gasteiger partial charge on any atom is -0.458 e. The van der Waals surface area contributed by atoms with Gasteiger partial charge in [0, 0.05) is 17.4 Å². The Balaban J connectivity index is 2.91. The van der Waals surface area contributed by atoms with Gasteiger partial charge in [0.25, 0.3) is 0 Å². The molecule has 0 fully saturated rings. The highest BCUT2D eigenvalue weighted by Gasteiger charge is 2.29. The van der Waals surface area contributed by atoms with Crippen LogP contribution >= 0.6 is 11.3 Å². The molecule has 0 saturated carbocycles. The van der Waals surface area contributed by atoms with Crippen molar-refractivity contribution in [2.24, 2.45) is 0 Å². The standard InChI is InChI=1S/C16H24N2O6S/c1-15(2,3)23-13(19)11(17-14(20)24-16(4,5)6)9-10-7-8-12(25-10)18(21)22/h7-8,11H,9H2,1-6H3,(H,17,20)/t11-/m0/s1. The molecule has 25 heavy (non-hydrogen) atoms. The van der Waals surface area contributed by atoms with Crippen molar-refractivity contribution in [1.29, 1.82) is 0 Å². The lowest BCUT2D eigenvalue weighted by molar-refractivity contribution is -0.380. The van der Waals surface area contributed by atoms with E-state index in [1.165, 1.54) is 6.07 Å². The van der Waals surface area contributed by atoms with Crippen LogP contribution in [0.3, 0.4) is 0 Å². The van der Waals surface area contributed by atoms with Gasteiger partial charge in [0.2, 0.25) is 0 Å². The first kappa shape index (κ1) is 20.9. The summed E-state index contributed by atoms with van der Waals surface area (Å²) in [4.78, 5) is 35.3. The highest BCUT2D eigenvalue weighted by Crippen LogP contribution is 2.25. The van der Waals surface area contributed by atoms with E-state index in [-0.39, 0.29) is 11.4 Å². The number of ether oxygens (including phenoxy) is 2. The van der Waals surface area contributed by atoms with E-state index in [0.717, 1.165) is 11.3 Å². The third-order valence-corrected chi connectivity index (χ3v) is 3.67. The zero-order valence-corrected chi connectivity index (χ0v) is 16.1. The highest BCUT2D eigenvalue weighted by atomic mass is 32.1. The van der Waals surface area contributed by atoms with Gasteiger partial charge in [0.05, 0.1) is 4.92 Å². The van der Waals surface area contributed by atoms with E-state index < -0.39 is 34.2 Å².